The van der Waals surface area contributed by atoms with E-state index in [0.29, 0.717) is 69.5 Å². The Hall–Kier alpha value is -6.18. The van der Waals surface area contributed by atoms with Crippen molar-refractivity contribution in [2.24, 2.45) is 11.8 Å². The number of ether oxygens (including phenoxy) is 5. The lowest BCUT2D eigenvalue weighted by atomic mass is 9.81. The fourth-order valence-electron chi connectivity index (χ4n) is 7.82. The van der Waals surface area contributed by atoms with E-state index in [9.17, 15) is 41.9 Å². The second kappa shape index (κ2) is 23.3. The number of halogens is 3. The number of nitrogens with zero attached hydrogens (tertiary/aromatic N) is 3. The summed E-state index contributed by atoms with van der Waals surface area (Å²) in [5, 5.41) is 5.03. The Morgan fingerprint density at radius 2 is 1.55 bits per heavy atom. The molecule has 2 N–H and O–H groups in total. The first kappa shape index (κ1) is 49.3. The van der Waals surface area contributed by atoms with Gasteiger partial charge in [-0.05, 0) is 73.4 Å². The Bertz CT molecular complexity index is 2260. The van der Waals surface area contributed by atoms with Crippen molar-refractivity contribution in [1.82, 2.24) is 25.4 Å². The van der Waals surface area contributed by atoms with Gasteiger partial charge in [0.05, 0.1) is 76.4 Å². The summed E-state index contributed by atoms with van der Waals surface area (Å²) < 4.78 is 67.0. The van der Waals surface area contributed by atoms with Crippen LogP contribution in [0.4, 0.5) is 13.2 Å². The SMILES string of the molecule is COc1cnc(C(=O)NCc2cccc(CC(=O)N(C)CCOCCOCCOCCOc3ccc4c(c3)C(=O)N(C3CCC(=O)NC3=O)C4=O)c2)cc1C=CC1CCC(C(F)(F)F)CC1. The summed E-state index contributed by atoms with van der Waals surface area (Å²) in [5.41, 5.74) is 2.62. The van der Waals surface area contributed by atoms with Gasteiger partial charge in [-0.2, -0.15) is 13.2 Å². The molecule has 354 valence electrons. The van der Waals surface area contributed by atoms with Crippen LogP contribution in [0.2, 0.25) is 0 Å². The third kappa shape index (κ3) is 13.4. The maximum absolute atomic E-state index is 13.1. The standard InChI is InChI=1S/C47H54F3N5O11/c1-54(16-17-63-18-19-64-20-21-65-22-23-66-35-12-13-36-37(27-35)46(61)55(45(36)60)39-14-15-41(56)53-44(39)59)42(57)25-31-4-3-5-32(24-31)28-52-43(58)38-26-33(40(62-2)29-51-38)9-6-30-7-10-34(11-8-30)47(48,49)50/h3-6,9,12-13,24,26-27,29-30,34,39H,7-8,10-11,14-23,25,28H2,1-2H3,(H,52,58)(H,53,56,59). The van der Waals surface area contributed by atoms with Crippen LogP contribution in [0.3, 0.4) is 0 Å². The number of fused-ring (bicyclic) bond motifs is 1. The quantitative estimate of drug-likeness (QED) is 0.102. The summed E-state index contributed by atoms with van der Waals surface area (Å²) >= 11 is 0. The predicted octanol–water partition coefficient (Wildman–Crippen LogP) is 4.93. The van der Waals surface area contributed by atoms with Gasteiger partial charge in [0, 0.05) is 32.1 Å². The molecule has 16 nitrogen and oxygen atoms in total. The number of likely N-dealkylation sites (N-methyl/N-ethyl adjacent to an activating group) is 1. The molecule has 19 heteroatoms. The van der Waals surface area contributed by atoms with Gasteiger partial charge in [-0.1, -0.05) is 36.4 Å². The first-order valence-electron chi connectivity index (χ1n) is 21.8. The molecule has 1 saturated heterocycles. The van der Waals surface area contributed by atoms with Gasteiger partial charge in [0.25, 0.3) is 17.7 Å². The fourth-order valence-corrected chi connectivity index (χ4v) is 7.82. The summed E-state index contributed by atoms with van der Waals surface area (Å²) in [4.78, 5) is 82.4. The van der Waals surface area contributed by atoms with E-state index in [1.54, 1.807) is 30.2 Å². The molecular formula is C47H54F3N5O11. The minimum absolute atomic E-state index is 0.00159. The Balaban J connectivity index is 0.810. The molecule has 1 saturated carbocycles. The van der Waals surface area contributed by atoms with Gasteiger partial charge < -0.3 is 33.9 Å². The number of imide groups is 2. The molecule has 2 aromatic carbocycles. The molecule has 3 aliphatic rings. The Morgan fingerprint density at radius 1 is 0.864 bits per heavy atom. The molecule has 1 aliphatic carbocycles. The first-order valence-corrected chi connectivity index (χ1v) is 21.8. The number of piperidine rings is 1. The van der Waals surface area contributed by atoms with Crippen LogP contribution < -0.4 is 20.1 Å². The van der Waals surface area contributed by atoms with Crippen molar-refractivity contribution < 1.29 is 65.6 Å². The summed E-state index contributed by atoms with van der Waals surface area (Å²) in [6.07, 6.45) is 2.26. The lowest BCUT2D eigenvalue weighted by molar-refractivity contribution is -0.183. The molecular weight excluding hydrogens is 868 g/mol. The minimum atomic E-state index is -4.17. The van der Waals surface area contributed by atoms with E-state index in [2.05, 4.69) is 15.6 Å². The third-order valence-electron chi connectivity index (χ3n) is 11.6. The van der Waals surface area contributed by atoms with Crippen LogP contribution in [0.25, 0.3) is 6.08 Å². The number of hydrogen-bond donors (Lipinski definition) is 2. The number of carbonyl (C=O) groups is 6. The number of carbonyl (C=O) groups excluding carboxylic acids is 6. The van der Waals surface area contributed by atoms with E-state index in [1.165, 1.54) is 25.4 Å². The number of hydrogen-bond acceptors (Lipinski definition) is 12. The van der Waals surface area contributed by atoms with Crippen LogP contribution in [0, 0.1) is 11.8 Å². The number of methoxy groups -OCH3 is 1. The Kier molecular flexibility index (Phi) is 17.4. The highest BCUT2D eigenvalue weighted by atomic mass is 19.4. The average molecular weight is 922 g/mol. The highest BCUT2D eigenvalue weighted by Crippen LogP contribution is 2.40. The van der Waals surface area contributed by atoms with Crippen LogP contribution in [0.1, 0.15) is 86.4 Å². The minimum Gasteiger partial charge on any atom is -0.495 e. The highest BCUT2D eigenvalue weighted by molar-refractivity contribution is 6.23. The average Bonchev–Trinajstić information content (AvgIpc) is 3.54. The predicted molar refractivity (Wildman–Crippen MR) is 231 cm³/mol. The zero-order chi connectivity index (χ0) is 47.2. The molecule has 1 atom stereocenters. The third-order valence-corrected chi connectivity index (χ3v) is 11.6. The number of pyridine rings is 1. The summed E-state index contributed by atoms with van der Waals surface area (Å²) in [6.45, 7) is 2.54. The topological polar surface area (TPSA) is 192 Å². The second-order valence-corrected chi connectivity index (χ2v) is 16.2. The van der Waals surface area contributed by atoms with Crippen molar-refractivity contribution in [3.8, 4) is 11.5 Å². The second-order valence-electron chi connectivity index (χ2n) is 16.2. The molecule has 2 aliphatic heterocycles. The lowest BCUT2D eigenvalue weighted by Gasteiger charge is -2.28. The van der Waals surface area contributed by atoms with Crippen molar-refractivity contribution in [3.05, 3.63) is 94.3 Å². The highest BCUT2D eigenvalue weighted by Gasteiger charge is 2.45. The van der Waals surface area contributed by atoms with Crippen molar-refractivity contribution >= 4 is 41.5 Å². The van der Waals surface area contributed by atoms with Gasteiger partial charge in [-0.25, -0.2) is 4.98 Å². The van der Waals surface area contributed by atoms with Gasteiger partial charge in [-0.15, -0.1) is 0 Å². The molecule has 0 bridgehead atoms. The smallest absolute Gasteiger partial charge is 0.391 e. The maximum Gasteiger partial charge on any atom is 0.391 e. The zero-order valence-corrected chi connectivity index (χ0v) is 36.9. The molecule has 66 heavy (non-hydrogen) atoms. The molecule has 1 aromatic heterocycles. The molecule has 0 radical (unpaired) electrons. The Morgan fingerprint density at radius 3 is 2.24 bits per heavy atom. The van der Waals surface area contributed by atoms with Crippen LogP contribution in [0.15, 0.2) is 60.8 Å². The van der Waals surface area contributed by atoms with Gasteiger partial charge in [0.15, 0.2) is 0 Å². The number of allylic oxidation sites excluding steroid dienone is 1. The van der Waals surface area contributed by atoms with Crippen molar-refractivity contribution in [2.45, 2.75) is 63.7 Å². The number of rotatable bonds is 22. The lowest BCUT2D eigenvalue weighted by Crippen LogP contribution is -2.54. The molecule has 3 heterocycles. The van der Waals surface area contributed by atoms with Crippen LogP contribution >= 0.6 is 0 Å². The fraction of sp³-hybridized carbons (Fsp3) is 0.468. The van der Waals surface area contributed by atoms with E-state index >= 15 is 0 Å². The van der Waals surface area contributed by atoms with Crippen LogP contribution in [-0.4, -0.2) is 129 Å². The zero-order valence-electron chi connectivity index (χ0n) is 36.9. The summed E-state index contributed by atoms with van der Waals surface area (Å²) in [5.74, 6) is -3.30. The number of benzene rings is 2. The molecule has 1 unspecified atom stereocenters. The number of aromatic nitrogens is 1. The van der Waals surface area contributed by atoms with Crippen LogP contribution in [-0.2, 0) is 41.6 Å². The molecule has 6 amide bonds. The van der Waals surface area contributed by atoms with Gasteiger partial charge >= 0.3 is 6.18 Å². The molecule has 6 rings (SSSR count). The molecule has 2 fully saturated rings. The van der Waals surface area contributed by atoms with E-state index in [-0.39, 0.29) is 80.5 Å². The van der Waals surface area contributed by atoms with Gasteiger partial charge in [-0.3, -0.25) is 39.0 Å². The van der Waals surface area contributed by atoms with Gasteiger partial charge in [0.2, 0.25) is 17.7 Å². The normalized spacial score (nSPS) is 18.6. The Labute approximate surface area is 380 Å². The van der Waals surface area contributed by atoms with Crippen LogP contribution in [0.5, 0.6) is 11.5 Å². The van der Waals surface area contributed by atoms with E-state index in [0.717, 1.165) is 16.0 Å². The molecule has 0 spiro atoms. The van der Waals surface area contributed by atoms with Gasteiger partial charge in [0.1, 0.15) is 29.8 Å². The van der Waals surface area contributed by atoms with E-state index in [4.69, 9.17) is 23.7 Å². The maximum atomic E-state index is 13.1. The number of nitrogens with one attached hydrogen (secondary N) is 2. The molecule has 3 aromatic rings. The van der Waals surface area contributed by atoms with E-state index in [1.807, 2.05) is 30.3 Å². The van der Waals surface area contributed by atoms with Crippen molar-refractivity contribution in [1.29, 1.82) is 0 Å². The van der Waals surface area contributed by atoms with E-state index < -0.39 is 47.7 Å². The monoisotopic (exact) mass is 921 g/mol. The largest absolute Gasteiger partial charge is 0.495 e. The number of alkyl halides is 3. The van der Waals surface area contributed by atoms with Crippen molar-refractivity contribution in [3.63, 3.8) is 0 Å². The summed E-state index contributed by atoms with van der Waals surface area (Å²) in [7, 11) is 3.17. The van der Waals surface area contributed by atoms with Crippen molar-refractivity contribution in [2.75, 3.05) is 67.0 Å². The summed E-state index contributed by atoms with van der Waals surface area (Å²) in [6, 6.07) is 12.4. The first-order chi connectivity index (χ1) is 31.7. The number of amides is 6.